The van der Waals surface area contributed by atoms with Crippen LogP contribution >= 0.6 is 11.6 Å². The highest BCUT2D eigenvalue weighted by molar-refractivity contribution is 6.33. The molecule has 0 spiro atoms. The van der Waals surface area contributed by atoms with Crippen molar-refractivity contribution in [1.29, 1.82) is 0 Å². The molecule has 0 saturated carbocycles. The summed E-state index contributed by atoms with van der Waals surface area (Å²) in [6.45, 7) is 0. The number of ether oxygens (including phenoxy) is 2. The SMILES string of the molecule is COc1ccc(-c2cc3ccc(OC(=O)c4ccccc4Cl)cc3oc2=O)cc1. The molecule has 5 nitrogen and oxygen atoms in total. The zero-order valence-electron chi connectivity index (χ0n) is 15.3. The van der Waals surface area contributed by atoms with Gasteiger partial charge in [0.05, 0.1) is 23.3 Å². The lowest BCUT2D eigenvalue weighted by Gasteiger charge is -2.07. The molecular weight excluding hydrogens is 392 g/mol. The van der Waals surface area contributed by atoms with Gasteiger partial charge in [-0.2, -0.15) is 0 Å². The predicted octanol–water partition coefficient (Wildman–Crippen LogP) is 5.34. The lowest BCUT2D eigenvalue weighted by atomic mass is 10.1. The Hall–Kier alpha value is -3.57. The fourth-order valence-corrected chi connectivity index (χ4v) is 3.13. The van der Waals surface area contributed by atoms with E-state index in [2.05, 4.69) is 0 Å². The Kier molecular flexibility index (Phi) is 5.06. The van der Waals surface area contributed by atoms with Crippen molar-refractivity contribution in [3.63, 3.8) is 0 Å². The van der Waals surface area contributed by atoms with Crippen LogP contribution in [0.4, 0.5) is 0 Å². The number of rotatable bonds is 4. The van der Waals surface area contributed by atoms with E-state index in [4.69, 9.17) is 25.5 Å². The molecule has 1 aromatic heterocycles. The van der Waals surface area contributed by atoms with Crippen molar-refractivity contribution in [3.8, 4) is 22.6 Å². The van der Waals surface area contributed by atoms with Crippen LogP contribution in [0.25, 0.3) is 22.1 Å². The van der Waals surface area contributed by atoms with Gasteiger partial charge in [0, 0.05) is 11.5 Å². The van der Waals surface area contributed by atoms with Gasteiger partial charge in [0.25, 0.3) is 0 Å². The summed E-state index contributed by atoms with van der Waals surface area (Å²) in [6.07, 6.45) is 0. The number of halogens is 1. The maximum absolute atomic E-state index is 12.5. The van der Waals surface area contributed by atoms with Crippen LogP contribution < -0.4 is 15.1 Å². The van der Waals surface area contributed by atoms with Gasteiger partial charge in [-0.3, -0.25) is 0 Å². The second kappa shape index (κ2) is 7.81. The summed E-state index contributed by atoms with van der Waals surface area (Å²) >= 11 is 6.03. The fraction of sp³-hybridized carbons (Fsp3) is 0.0435. The van der Waals surface area contributed by atoms with E-state index in [0.717, 1.165) is 5.56 Å². The zero-order chi connectivity index (χ0) is 20.4. The largest absolute Gasteiger partial charge is 0.497 e. The molecule has 0 bridgehead atoms. The first-order valence-electron chi connectivity index (χ1n) is 8.74. The Morgan fingerprint density at radius 2 is 1.66 bits per heavy atom. The molecular formula is C23H15ClO5. The van der Waals surface area contributed by atoms with E-state index in [1.807, 2.05) is 0 Å². The van der Waals surface area contributed by atoms with E-state index in [9.17, 15) is 9.59 Å². The minimum Gasteiger partial charge on any atom is -0.497 e. The van der Waals surface area contributed by atoms with Gasteiger partial charge in [0.1, 0.15) is 17.1 Å². The fourth-order valence-electron chi connectivity index (χ4n) is 2.92. The zero-order valence-corrected chi connectivity index (χ0v) is 16.1. The Bertz CT molecular complexity index is 1260. The molecule has 1 heterocycles. The van der Waals surface area contributed by atoms with Crippen LogP contribution in [0, 0.1) is 0 Å². The van der Waals surface area contributed by atoms with Crippen molar-refractivity contribution in [3.05, 3.63) is 93.8 Å². The molecule has 0 unspecified atom stereocenters. The number of esters is 1. The molecule has 3 aromatic carbocycles. The van der Waals surface area contributed by atoms with Crippen LogP contribution in [0.1, 0.15) is 10.4 Å². The standard InChI is InChI=1S/C23H15ClO5/c1-27-16-9-6-14(7-10-16)19-12-15-8-11-17(13-21(15)29-23(19)26)28-22(25)18-4-2-3-5-20(18)24/h2-13H,1H3. The molecule has 144 valence electrons. The Morgan fingerprint density at radius 3 is 2.38 bits per heavy atom. The van der Waals surface area contributed by atoms with Crippen molar-refractivity contribution < 1.29 is 18.7 Å². The Balaban J connectivity index is 1.66. The summed E-state index contributed by atoms with van der Waals surface area (Å²) in [6, 6.07) is 20.3. The molecule has 4 rings (SSSR count). The maximum Gasteiger partial charge on any atom is 0.345 e. The molecule has 0 N–H and O–H groups in total. The summed E-state index contributed by atoms with van der Waals surface area (Å²) in [4.78, 5) is 24.8. The quantitative estimate of drug-likeness (QED) is 0.260. The monoisotopic (exact) mass is 406 g/mol. The lowest BCUT2D eigenvalue weighted by Crippen LogP contribution is -2.09. The summed E-state index contributed by atoms with van der Waals surface area (Å²) < 4.78 is 16.0. The van der Waals surface area contributed by atoms with Crippen LogP contribution in [-0.2, 0) is 0 Å². The molecule has 0 atom stereocenters. The van der Waals surface area contributed by atoms with Gasteiger partial charge in [-0.25, -0.2) is 9.59 Å². The topological polar surface area (TPSA) is 65.7 Å². The lowest BCUT2D eigenvalue weighted by molar-refractivity contribution is 0.0735. The second-order valence-electron chi connectivity index (χ2n) is 6.25. The number of carbonyl (C=O) groups excluding carboxylic acids is 1. The van der Waals surface area contributed by atoms with Gasteiger partial charge < -0.3 is 13.9 Å². The highest BCUT2D eigenvalue weighted by Crippen LogP contribution is 2.26. The van der Waals surface area contributed by atoms with Crippen LogP contribution in [0.2, 0.25) is 5.02 Å². The highest BCUT2D eigenvalue weighted by Gasteiger charge is 2.14. The third kappa shape index (κ3) is 3.86. The highest BCUT2D eigenvalue weighted by atomic mass is 35.5. The number of methoxy groups -OCH3 is 1. The second-order valence-corrected chi connectivity index (χ2v) is 6.65. The van der Waals surface area contributed by atoms with E-state index >= 15 is 0 Å². The van der Waals surface area contributed by atoms with Crippen LogP contribution in [0.5, 0.6) is 11.5 Å². The first kappa shape index (κ1) is 18.8. The van der Waals surface area contributed by atoms with Gasteiger partial charge in [0.15, 0.2) is 0 Å². The van der Waals surface area contributed by atoms with E-state index in [-0.39, 0.29) is 11.3 Å². The van der Waals surface area contributed by atoms with Crippen molar-refractivity contribution in [1.82, 2.24) is 0 Å². The third-order valence-electron chi connectivity index (χ3n) is 4.41. The molecule has 0 radical (unpaired) electrons. The average molecular weight is 407 g/mol. The molecule has 29 heavy (non-hydrogen) atoms. The summed E-state index contributed by atoms with van der Waals surface area (Å²) in [5, 5.41) is 1.00. The van der Waals surface area contributed by atoms with Gasteiger partial charge in [-0.15, -0.1) is 0 Å². The maximum atomic E-state index is 12.5. The number of carbonyl (C=O) groups is 1. The molecule has 0 aliphatic rings. The van der Waals surface area contributed by atoms with Crippen molar-refractivity contribution in [2.75, 3.05) is 7.11 Å². The summed E-state index contributed by atoms with van der Waals surface area (Å²) in [5.74, 6) is 0.360. The summed E-state index contributed by atoms with van der Waals surface area (Å²) in [5.41, 5.74) is 1.23. The predicted molar refractivity (Wildman–Crippen MR) is 111 cm³/mol. The Labute approximate surface area is 171 Å². The number of fused-ring (bicyclic) bond motifs is 1. The van der Waals surface area contributed by atoms with Crippen molar-refractivity contribution in [2.24, 2.45) is 0 Å². The average Bonchev–Trinajstić information content (AvgIpc) is 2.73. The van der Waals surface area contributed by atoms with E-state index in [1.165, 1.54) is 6.07 Å². The van der Waals surface area contributed by atoms with Crippen molar-refractivity contribution >= 4 is 28.5 Å². The molecule has 6 heteroatoms. The first-order valence-corrected chi connectivity index (χ1v) is 9.12. The third-order valence-corrected chi connectivity index (χ3v) is 4.74. The molecule has 0 amide bonds. The van der Waals surface area contributed by atoms with Gasteiger partial charge in [0.2, 0.25) is 0 Å². The van der Waals surface area contributed by atoms with E-state index in [1.54, 1.807) is 73.8 Å². The molecule has 0 saturated heterocycles. The van der Waals surface area contributed by atoms with Crippen LogP contribution in [-0.4, -0.2) is 13.1 Å². The minimum absolute atomic E-state index is 0.253. The molecule has 0 aliphatic carbocycles. The number of hydrogen-bond donors (Lipinski definition) is 0. The molecule has 4 aromatic rings. The molecule has 0 aliphatic heterocycles. The number of benzene rings is 3. The van der Waals surface area contributed by atoms with Gasteiger partial charge >= 0.3 is 11.6 Å². The molecule has 0 fully saturated rings. The van der Waals surface area contributed by atoms with E-state index in [0.29, 0.717) is 27.3 Å². The van der Waals surface area contributed by atoms with Crippen molar-refractivity contribution in [2.45, 2.75) is 0 Å². The van der Waals surface area contributed by atoms with Crippen LogP contribution in [0.15, 0.2) is 82.0 Å². The normalized spacial score (nSPS) is 10.7. The van der Waals surface area contributed by atoms with E-state index < -0.39 is 11.6 Å². The summed E-state index contributed by atoms with van der Waals surface area (Å²) in [7, 11) is 1.58. The Morgan fingerprint density at radius 1 is 0.931 bits per heavy atom. The first-order chi connectivity index (χ1) is 14.0. The van der Waals surface area contributed by atoms with Gasteiger partial charge in [-0.1, -0.05) is 35.9 Å². The van der Waals surface area contributed by atoms with Gasteiger partial charge in [-0.05, 0) is 48.0 Å². The number of hydrogen-bond acceptors (Lipinski definition) is 5. The minimum atomic E-state index is -0.591. The van der Waals surface area contributed by atoms with Crippen LogP contribution in [0.3, 0.4) is 0 Å². The smallest absolute Gasteiger partial charge is 0.345 e.